The summed E-state index contributed by atoms with van der Waals surface area (Å²) in [6.07, 6.45) is 3.29. The summed E-state index contributed by atoms with van der Waals surface area (Å²) in [5.74, 6) is -0.251. The molecule has 23 heavy (non-hydrogen) atoms. The first-order valence-corrected chi connectivity index (χ1v) is 8.34. The summed E-state index contributed by atoms with van der Waals surface area (Å²) in [4.78, 5) is 12.0. The number of carbonyl (C=O) groups excluding carboxylic acids is 1. The molecule has 0 atom stereocenters. The first-order valence-electron chi connectivity index (χ1n) is 7.56. The second kappa shape index (κ2) is 8.65. The van der Waals surface area contributed by atoms with E-state index >= 15 is 0 Å². The van der Waals surface area contributed by atoms with E-state index in [1.165, 1.54) is 5.56 Å². The number of halogens is 1. The van der Waals surface area contributed by atoms with E-state index in [1.807, 2.05) is 24.3 Å². The zero-order chi connectivity index (χ0) is 16.7. The molecule has 2 aromatic carbocycles. The fourth-order valence-electron chi connectivity index (χ4n) is 2.11. The van der Waals surface area contributed by atoms with Crippen LogP contribution in [0.15, 0.2) is 48.5 Å². The number of hydrogen-bond donors (Lipinski definition) is 2. The average molecular weight is 347 g/mol. The number of thiocarbonyl (C=S) groups is 1. The van der Waals surface area contributed by atoms with E-state index in [0.29, 0.717) is 16.3 Å². The van der Waals surface area contributed by atoms with Gasteiger partial charge in [0.2, 0.25) is 0 Å². The maximum atomic E-state index is 12.0. The lowest BCUT2D eigenvalue weighted by atomic mass is 10.1. The number of amides is 1. The molecule has 2 N–H and O–H groups in total. The molecule has 2 rings (SSSR count). The minimum absolute atomic E-state index is 0.224. The van der Waals surface area contributed by atoms with Gasteiger partial charge in [-0.15, -0.1) is 0 Å². The number of hydrogen-bond acceptors (Lipinski definition) is 2. The fraction of sp³-hybridized carbons (Fsp3) is 0.222. The van der Waals surface area contributed by atoms with Crippen molar-refractivity contribution in [3.05, 3.63) is 64.7 Å². The molecule has 120 valence electrons. The Labute approximate surface area is 147 Å². The predicted octanol–water partition coefficient (Wildman–Crippen LogP) is 4.81. The summed E-state index contributed by atoms with van der Waals surface area (Å²) >= 11 is 11.4. The van der Waals surface area contributed by atoms with Crippen molar-refractivity contribution in [2.45, 2.75) is 26.2 Å². The maximum absolute atomic E-state index is 12.0. The van der Waals surface area contributed by atoms with Gasteiger partial charge in [-0.2, -0.15) is 0 Å². The van der Waals surface area contributed by atoms with E-state index < -0.39 is 0 Å². The zero-order valence-corrected chi connectivity index (χ0v) is 14.5. The molecule has 0 saturated heterocycles. The van der Waals surface area contributed by atoms with Gasteiger partial charge in [-0.3, -0.25) is 10.1 Å². The van der Waals surface area contributed by atoms with Crippen LogP contribution in [0.25, 0.3) is 0 Å². The van der Waals surface area contributed by atoms with Crippen molar-refractivity contribution in [1.82, 2.24) is 5.32 Å². The van der Waals surface area contributed by atoms with Crippen LogP contribution in [-0.2, 0) is 6.42 Å². The Hall–Kier alpha value is -1.91. The van der Waals surface area contributed by atoms with Crippen molar-refractivity contribution >= 4 is 40.5 Å². The lowest BCUT2D eigenvalue weighted by molar-refractivity contribution is 0.0977. The molecule has 0 aliphatic rings. The lowest BCUT2D eigenvalue weighted by Gasteiger charge is -2.12. The highest BCUT2D eigenvalue weighted by Crippen LogP contribution is 2.23. The molecule has 0 radical (unpaired) electrons. The Balaban J connectivity index is 1.96. The number of nitrogens with one attached hydrogen (secondary N) is 2. The zero-order valence-electron chi connectivity index (χ0n) is 12.9. The van der Waals surface area contributed by atoms with Crippen molar-refractivity contribution in [3.8, 4) is 0 Å². The summed E-state index contributed by atoms with van der Waals surface area (Å²) in [5, 5.41) is 6.42. The van der Waals surface area contributed by atoms with E-state index in [0.717, 1.165) is 19.3 Å². The maximum Gasteiger partial charge on any atom is 0.257 e. The molecule has 0 spiro atoms. The van der Waals surface area contributed by atoms with Crippen LogP contribution in [0.2, 0.25) is 5.02 Å². The summed E-state index contributed by atoms with van der Waals surface area (Å²) in [6.45, 7) is 2.16. The summed E-state index contributed by atoms with van der Waals surface area (Å²) in [5.41, 5.74) is 2.43. The normalized spacial score (nSPS) is 10.2. The summed E-state index contributed by atoms with van der Waals surface area (Å²) < 4.78 is 0. The van der Waals surface area contributed by atoms with Gasteiger partial charge in [-0.1, -0.05) is 49.2 Å². The molecule has 0 aromatic heterocycles. The Bertz CT molecular complexity index is 689. The quantitative estimate of drug-likeness (QED) is 0.763. The lowest BCUT2D eigenvalue weighted by Crippen LogP contribution is -2.34. The van der Waals surface area contributed by atoms with E-state index in [1.54, 1.807) is 24.3 Å². The summed E-state index contributed by atoms with van der Waals surface area (Å²) in [6, 6.07) is 14.8. The topological polar surface area (TPSA) is 41.1 Å². The van der Waals surface area contributed by atoms with Gasteiger partial charge in [0.25, 0.3) is 5.91 Å². The summed E-state index contributed by atoms with van der Waals surface area (Å²) in [7, 11) is 0. The van der Waals surface area contributed by atoms with Gasteiger partial charge in [0.15, 0.2) is 5.11 Å². The molecule has 0 bridgehead atoms. The van der Waals surface area contributed by atoms with Crippen LogP contribution in [0, 0.1) is 0 Å². The SMILES string of the molecule is CCCCc1ccc(NC(=S)NC(=O)c2ccccc2)c(Cl)c1. The molecule has 0 saturated carbocycles. The Morgan fingerprint density at radius 3 is 2.57 bits per heavy atom. The molecule has 3 nitrogen and oxygen atoms in total. The fourth-order valence-corrected chi connectivity index (χ4v) is 2.57. The van der Waals surface area contributed by atoms with Crippen LogP contribution < -0.4 is 10.6 Å². The third-order valence-electron chi connectivity index (χ3n) is 3.36. The number of anilines is 1. The molecule has 5 heteroatoms. The molecule has 2 aromatic rings. The standard InChI is InChI=1S/C18H19ClN2OS/c1-2-3-7-13-10-11-16(15(19)12-13)20-18(23)21-17(22)14-8-5-4-6-9-14/h4-6,8-12H,2-3,7H2,1H3,(H2,20,21,22,23). The van der Waals surface area contributed by atoms with Gasteiger partial charge in [0.1, 0.15) is 0 Å². The van der Waals surface area contributed by atoms with Crippen LogP contribution in [0.4, 0.5) is 5.69 Å². The van der Waals surface area contributed by atoms with Crippen molar-refractivity contribution in [3.63, 3.8) is 0 Å². The van der Waals surface area contributed by atoms with Crippen molar-refractivity contribution in [2.24, 2.45) is 0 Å². The van der Waals surface area contributed by atoms with Gasteiger partial charge in [-0.05, 0) is 54.9 Å². The highest BCUT2D eigenvalue weighted by molar-refractivity contribution is 7.80. The largest absolute Gasteiger partial charge is 0.331 e. The number of carbonyl (C=O) groups is 1. The first-order chi connectivity index (χ1) is 11.1. The van der Waals surface area contributed by atoms with Crippen LogP contribution in [0.5, 0.6) is 0 Å². The van der Waals surface area contributed by atoms with Crippen LogP contribution in [-0.4, -0.2) is 11.0 Å². The van der Waals surface area contributed by atoms with Gasteiger partial charge in [-0.25, -0.2) is 0 Å². The highest BCUT2D eigenvalue weighted by atomic mass is 35.5. The van der Waals surface area contributed by atoms with E-state index in [4.69, 9.17) is 23.8 Å². The first kappa shape index (κ1) is 17.4. The molecule has 0 unspecified atom stereocenters. The van der Waals surface area contributed by atoms with Crippen LogP contribution in [0.3, 0.4) is 0 Å². The number of benzene rings is 2. The average Bonchev–Trinajstić information content (AvgIpc) is 2.56. The van der Waals surface area contributed by atoms with Gasteiger partial charge >= 0.3 is 0 Å². The van der Waals surface area contributed by atoms with Gasteiger partial charge in [0, 0.05) is 5.56 Å². The van der Waals surface area contributed by atoms with Crippen molar-refractivity contribution in [2.75, 3.05) is 5.32 Å². The minimum Gasteiger partial charge on any atom is -0.331 e. The second-order valence-electron chi connectivity index (χ2n) is 5.19. The number of unbranched alkanes of at least 4 members (excludes halogenated alkanes) is 1. The van der Waals surface area contributed by atoms with Crippen molar-refractivity contribution < 1.29 is 4.79 Å². The Morgan fingerprint density at radius 1 is 1.17 bits per heavy atom. The minimum atomic E-state index is -0.251. The smallest absolute Gasteiger partial charge is 0.257 e. The van der Waals surface area contributed by atoms with Crippen molar-refractivity contribution in [1.29, 1.82) is 0 Å². The number of aryl methyl sites for hydroxylation is 1. The molecule has 0 fully saturated rings. The van der Waals surface area contributed by atoms with E-state index in [2.05, 4.69) is 17.6 Å². The second-order valence-corrected chi connectivity index (χ2v) is 6.01. The molecular weight excluding hydrogens is 328 g/mol. The van der Waals surface area contributed by atoms with E-state index in [9.17, 15) is 4.79 Å². The monoisotopic (exact) mass is 346 g/mol. The predicted molar refractivity (Wildman–Crippen MR) is 100 cm³/mol. The number of rotatable bonds is 5. The molecular formula is C18H19ClN2OS. The van der Waals surface area contributed by atoms with Crippen LogP contribution in [0.1, 0.15) is 35.7 Å². The Kier molecular flexibility index (Phi) is 6.56. The highest BCUT2D eigenvalue weighted by Gasteiger charge is 2.09. The van der Waals surface area contributed by atoms with Crippen LogP contribution >= 0.6 is 23.8 Å². The third kappa shape index (κ3) is 5.34. The molecule has 1 amide bonds. The molecule has 0 aliphatic carbocycles. The molecule has 0 aliphatic heterocycles. The third-order valence-corrected chi connectivity index (χ3v) is 3.88. The Morgan fingerprint density at radius 2 is 1.91 bits per heavy atom. The van der Waals surface area contributed by atoms with E-state index in [-0.39, 0.29) is 11.0 Å². The van der Waals surface area contributed by atoms with Gasteiger partial charge in [0.05, 0.1) is 10.7 Å². The molecule has 0 heterocycles. The van der Waals surface area contributed by atoms with Gasteiger partial charge < -0.3 is 5.32 Å².